The quantitative estimate of drug-likeness (QED) is 0.679. The van der Waals surface area contributed by atoms with Gasteiger partial charge in [0.2, 0.25) is 5.91 Å². The van der Waals surface area contributed by atoms with Crippen LogP contribution in [0, 0.1) is 5.92 Å². The normalized spacial score (nSPS) is 34.2. The van der Waals surface area contributed by atoms with E-state index in [4.69, 9.17) is 11.6 Å². The molecule has 1 aliphatic carbocycles. The van der Waals surface area contributed by atoms with E-state index in [1.54, 1.807) is 4.90 Å². The number of carbonyl (C=O) groups excluding carboxylic acids is 2. The van der Waals surface area contributed by atoms with E-state index in [0.717, 1.165) is 45.1 Å². The van der Waals surface area contributed by atoms with Gasteiger partial charge in [-0.1, -0.05) is 0 Å². The molecule has 1 saturated carbocycles. The monoisotopic (exact) mass is 411 g/mol. The van der Waals surface area contributed by atoms with Crippen molar-refractivity contribution >= 4 is 23.4 Å². The van der Waals surface area contributed by atoms with Gasteiger partial charge in [0.05, 0.1) is 6.17 Å². The Kier molecular flexibility index (Phi) is 5.89. The molecule has 7 nitrogen and oxygen atoms in total. The predicted octanol–water partition coefficient (Wildman–Crippen LogP) is 1.13. The van der Waals surface area contributed by atoms with Crippen molar-refractivity contribution in [2.45, 2.75) is 75.5 Å². The molecular weight excluding hydrogens is 378 g/mol. The highest BCUT2D eigenvalue weighted by molar-refractivity contribution is 6.20. The van der Waals surface area contributed by atoms with Crippen LogP contribution >= 0.6 is 11.6 Å². The number of likely N-dealkylation sites (tertiary alicyclic amines) is 1. The second kappa shape index (κ2) is 8.09. The minimum absolute atomic E-state index is 0.0469. The molecule has 1 atom stereocenters. The lowest BCUT2D eigenvalue weighted by atomic mass is 9.80. The molecule has 28 heavy (non-hydrogen) atoms. The Morgan fingerprint density at radius 1 is 1.14 bits per heavy atom. The highest BCUT2D eigenvalue weighted by atomic mass is 35.5. The zero-order valence-corrected chi connectivity index (χ0v) is 17.9. The number of hydrogen-bond acceptors (Lipinski definition) is 5. The molecule has 1 unspecified atom stereocenters. The number of carbonyl (C=O) groups is 2. The topological polar surface area (TPSA) is 67.9 Å². The summed E-state index contributed by atoms with van der Waals surface area (Å²) in [5, 5.41) is 0.268. The van der Waals surface area contributed by atoms with Gasteiger partial charge < -0.3 is 9.80 Å². The lowest BCUT2D eigenvalue weighted by Crippen LogP contribution is -2.83. The maximum absolute atomic E-state index is 13.5. The Labute approximate surface area is 173 Å². The van der Waals surface area contributed by atoms with Crippen LogP contribution in [0.1, 0.15) is 52.4 Å². The second-order valence-electron chi connectivity index (χ2n) is 9.31. The van der Waals surface area contributed by atoms with Gasteiger partial charge in [0.1, 0.15) is 12.1 Å². The molecule has 0 aromatic heterocycles. The van der Waals surface area contributed by atoms with Gasteiger partial charge in [-0.2, -0.15) is 0 Å². The van der Waals surface area contributed by atoms with Crippen molar-refractivity contribution in [3.8, 4) is 0 Å². The van der Waals surface area contributed by atoms with E-state index in [1.807, 2.05) is 18.7 Å². The number of nitrogens with zero attached hydrogens (tertiary/aromatic N) is 3. The van der Waals surface area contributed by atoms with E-state index >= 15 is 0 Å². The summed E-state index contributed by atoms with van der Waals surface area (Å²) in [6, 6.07) is 0.0469. The fourth-order valence-electron chi connectivity index (χ4n) is 5.25. The zero-order valence-electron chi connectivity index (χ0n) is 17.1. The Hall–Kier alpha value is -0.890. The maximum Gasteiger partial charge on any atom is 0.251 e. The third kappa shape index (κ3) is 3.66. The second-order valence-corrected chi connectivity index (χ2v) is 9.93. The first kappa shape index (κ1) is 20.4. The van der Waals surface area contributed by atoms with Gasteiger partial charge >= 0.3 is 0 Å². The van der Waals surface area contributed by atoms with E-state index in [2.05, 4.69) is 15.8 Å². The average molecular weight is 412 g/mol. The minimum atomic E-state index is -0.684. The van der Waals surface area contributed by atoms with Gasteiger partial charge in [0, 0.05) is 37.6 Å². The van der Waals surface area contributed by atoms with Crippen molar-refractivity contribution in [3.63, 3.8) is 0 Å². The lowest BCUT2D eigenvalue weighted by Gasteiger charge is -2.61. The van der Waals surface area contributed by atoms with Gasteiger partial charge in [-0.15, -0.1) is 11.6 Å². The molecule has 3 saturated heterocycles. The van der Waals surface area contributed by atoms with Crippen LogP contribution in [0.2, 0.25) is 0 Å². The number of hydrogen-bond donors (Lipinski definition) is 2. The molecule has 3 heterocycles. The Bertz CT molecular complexity index is 595. The molecule has 4 rings (SSSR count). The maximum atomic E-state index is 13.5. The summed E-state index contributed by atoms with van der Waals surface area (Å²) < 4.78 is 0. The number of nitrogens with one attached hydrogen (secondary N) is 2. The smallest absolute Gasteiger partial charge is 0.251 e. The standard InChI is InChI=1S/C20H34ClN5O2/c1-14(2)25-11-18(27)26(10-15-5-7-16(21)8-6-15)20(19(25)28)12-24(13-20)17-4-3-9-22-23-17/h14-17,22-23H,3-13H2,1-2H3. The Morgan fingerprint density at radius 2 is 1.86 bits per heavy atom. The Balaban J connectivity index is 1.51. The number of piperazine rings is 1. The summed E-state index contributed by atoms with van der Waals surface area (Å²) in [6.45, 7) is 7.15. The van der Waals surface area contributed by atoms with Gasteiger partial charge in [-0.05, 0) is 58.3 Å². The van der Waals surface area contributed by atoms with Crippen LogP contribution in [0.4, 0.5) is 0 Å². The Morgan fingerprint density at radius 3 is 2.46 bits per heavy atom. The third-order valence-electron chi connectivity index (χ3n) is 7.04. The van der Waals surface area contributed by atoms with Gasteiger partial charge in [-0.25, -0.2) is 5.43 Å². The van der Waals surface area contributed by atoms with Crippen LogP contribution in [-0.2, 0) is 9.59 Å². The summed E-state index contributed by atoms with van der Waals surface area (Å²) >= 11 is 6.27. The molecule has 2 N–H and O–H groups in total. The fraction of sp³-hybridized carbons (Fsp3) is 0.900. The molecule has 1 spiro atoms. The molecule has 0 aromatic carbocycles. The van der Waals surface area contributed by atoms with E-state index in [1.165, 1.54) is 0 Å². The first-order chi connectivity index (χ1) is 13.4. The molecule has 4 fully saturated rings. The summed E-state index contributed by atoms with van der Waals surface area (Å²) in [7, 11) is 0. The third-order valence-corrected chi connectivity index (χ3v) is 7.48. The summed E-state index contributed by atoms with van der Waals surface area (Å²) in [5.74, 6) is 0.696. The van der Waals surface area contributed by atoms with E-state index in [9.17, 15) is 9.59 Å². The van der Waals surface area contributed by atoms with E-state index in [0.29, 0.717) is 25.6 Å². The van der Waals surface area contributed by atoms with Crippen LogP contribution in [-0.4, -0.2) is 82.4 Å². The van der Waals surface area contributed by atoms with Crippen molar-refractivity contribution in [1.82, 2.24) is 25.6 Å². The van der Waals surface area contributed by atoms with Crippen LogP contribution in [0.3, 0.4) is 0 Å². The van der Waals surface area contributed by atoms with Crippen LogP contribution in [0.5, 0.6) is 0 Å². The number of halogens is 1. The molecule has 2 amide bonds. The van der Waals surface area contributed by atoms with Crippen molar-refractivity contribution in [2.75, 3.05) is 32.7 Å². The van der Waals surface area contributed by atoms with Crippen molar-refractivity contribution in [3.05, 3.63) is 0 Å². The number of hydrazine groups is 1. The lowest BCUT2D eigenvalue weighted by molar-refractivity contribution is -0.185. The van der Waals surface area contributed by atoms with Crippen molar-refractivity contribution in [2.24, 2.45) is 5.92 Å². The van der Waals surface area contributed by atoms with Crippen LogP contribution in [0.15, 0.2) is 0 Å². The van der Waals surface area contributed by atoms with E-state index in [-0.39, 0.29) is 35.9 Å². The number of amides is 2. The van der Waals surface area contributed by atoms with Gasteiger partial charge in [0.15, 0.2) is 0 Å². The van der Waals surface area contributed by atoms with Gasteiger partial charge in [0.25, 0.3) is 5.91 Å². The van der Waals surface area contributed by atoms with Crippen molar-refractivity contribution < 1.29 is 9.59 Å². The number of alkyl halides is 1. The molecule has 3 aliphatic heterocycles. The van der Waals surface area contributed by atoms with Crippen LogP contribution in [0.25, 0.3) is 0 Å². The van der Waals surface area contributed by atoms with Crippen molar-refractivity contribution in [1.29, 1.82) is 0 Å². The fourth-order valence-corrected chi connectivity index (χ4v) is 5.50. The minimum Gasteiger partial charge on any atom is -0.329 e. The molecular formula is C20H34ClN5O2. The highest BCUT2D eigenvalue weighted by Gasteiger charge is 2.61. The summed E-state index contributed by atoms with van der Waals surface area (Å²) in [5.41, 5.74) is 5.88. The average Bonchev–Trinajstić information content (AvgIpc) is 2.65. The predicted molar refractivity (Wildman–Crippen MR) is 109 cm³/mol. The molecule has 0 bridgehead atoms. The summed E-state index contributed by atoms with van der Waals surface area (Å²) in [4.78, 5) is 32.7. The molecule has 4 aliphatic rings. The van der Waals surface area contributed by atoms with Crippen LogP contribution < -0.4 is 10.9 Å². The SMILES string of the molecule is CC(C)N1CC(=O)N(CC2CCC(Cl)CC2)C2(CN(C3CCCNN3)C2)C1=O. The largest absolute Gasteiger partial charge is 0.329 e. The number of rotatable bonds is 4. The summed E-state index contributed by atoms with van der Waals surface area (Å²) in [6.07, 6.45) is 6.55. The van der Waals surface area contributed by atoms with Gasteiger partial charge in [-0.3, -0.25) is 19.9 Å². The highest BCUT2D eigenvalue weighted by Crippen LogP contribution is 2.38. The first-order valence-electron chi connectivity index (χ1n) is 10.9. The zero-order chi connectivity index (χ0) is 19.9. The molecule has 0 radical (unpaired) electrons. The molecule has 0 aromatic rings. The molecule has 8 heteroatoms. The first-order valence-corrected chi connectivity index (χ1v) is 11.3. The molecule has 158 valence electrons. The van der Waals surface area contributed by atoms with E-state index < -0.39 is 5.54 Å².